The minimum absolute atomic E-state index is 0.127. The maximum absolute atomic E-state index is 12.9. The fraction of sp³-hybridized carbons (Fsp3) is 0.526. The standard InChI is InChI=1S/C19H24F3N3O2S/c1-2-4-14-5-9-16(10-6-14)28(26,27)23-11-3-12-25-17(15-7-8-15)13-18(24-25)19(20,21)22/h5-6,9-10,13,15,23H,2-4,7-8,11-12H2,1H3. The predicted molar refractivity (Wildman–Crippen MR) is 99.4 cm³/mol. The Bertz CT molecular complexity index is 901. The summed E-state index contributed by atoms with van der Waals surface area (Å²) in [5, 5.41) is 3.68. The molecular weight excluding hydrogens is 391 g/mol. The number of aryl methyl sites for hydroxylation is 2. The van der Waals surface area contributed by atoms with Gasteiger partial charge in [0.2, 0.25) is 10.0 Å². The van der Waals surface area contributed by atoms with Crippen LogP contribution >= 0.6 is 0 Å². The van der Waals surface area contributed by atoms with Crippen molar-refractivity contribution in [3.63, 3.8) is 0 Å². The van der Waals surface area contributed by atoms with Crippen molar-refractivity contribution in [1.29, 1.82) is 0 Å². The Labute approximate surface area is 163 Å². The molecule has 1 aliphatic carbocycles. The summed E-state index contributed by atoms with van der Waals surface area (Å²) in [7, 11) is -3.64. The molecule has 1 aliphatic rings. The molecule has 28 heavy (non-hydrogen) atoms. The largest absolute Gasteiger partial charge is 0.435 e. The van der Waals surface area contributed by atoms with Crippen LogP contribution < -0.4 is 4.72 Å². The lowest BCUT2D eigenvalue weighted by atomic mass is 10.1. The molecule has 1 heterocycles. The molecule has 9 heteroatoms. The number of halogens is 3. The number of hydrogen-bond acceptors (Lipinski definition) is 3. The summed E-state index contributed by atoms with van der Waals surface area (Å²) < 4.78 is 67.3. The third kappa shape index (κ3) is 5.14. The van der Waals surface area contributed by atoms with Crippen molar-refractivity contribution in [3.05, 3.63) is 47.3 Å². The minimum Gasteiger partial charge on any atom is -0.269 e. The molecule has 5 nitrogen and oxygen atoms in total. The first kappa shape index (κ1) is 20.9. The summed E-state index contributed by atoms with van der Waals surface area (Å²) in [5.74, 6) is 0.127. The van der Waals surface area contributed by atoms with E-state index in [2.05, 4.69) is 16.7 Å². The molecule has 1 N–H and O–H groups in total. The fourth-order valence-corrected chi connectivity index (χ4v) is 4.17. The van der Waals surface area contributed by atoms with Gasteiger partial charge in [0.1, 0.15) is 0 Å². The highest BCUT2D eigenvalue weighted by Gasteiger charge is 2.37. The van der Waals surface area contributed by atoms with Gasteiger partial charge in [-0.05, 0) is 49.4 Å². The Hall–Kier alpha value is -1.87. The average molecular weight is 415 g/mol. The van der Waals surface area contributed by atoms with Crippen molar-refractivity contribution < 1.29 is 21.6 Å². The molecule has 0 amide bonds. The summed E-state index contributed by atoms with van der Waals surface area (Å²) in [4.78, 5) is 0.185. The Kier molecular flexibility index (Phi) is 6.14. The molecule has 0 radical (unpaired) electrons. The van der Waals surface area contributed by atoms with Crippen LogP contribution in [0.4, 0.5) is 13.2 Å². The minimum atomic E-state index is -4.47. The maximum atomic E-state index is 12.9. The highest BCUT2D eigenvalue weighted by molar-refractivity contribution is 7.89. The molecule has 0 unspecified atom stereocenters. The van der Waals surface area contributed by atoms with Crippen LogP contribution in [0.2, 0.25) is 0 Å². The van der Waals surface area contributed by atoms with E-state index in [1.165, 1.54) is 4.68 Å². The van der Waals surface area contributed by atoms with Crippen LogP contribution in [0, 0.1) is 0 Å². The van der Waals surface area contributed by atoms with Crippen LogP contribution in [-0.2, 0) is 29.2 Å². The van der Waals surface area contributed by atoms with E-state index >= 15 is 0 Å². The van der Waals surface area contributed by atoms with Gasteiger partial charge in [-0.1, -0.05) is 25.5 Å². The zero-order valence-electron chi connectivity index (χ0n) is 15.7. The second-order valence-corrected chi connectivity index (χ2v) is 8.86. The van der Waals surface area contributed by atoms with Gasteiger partial charge in [0.15, 0.2) is 5.69 Å². The summed E-state index contributed by atoms with van der Waals surface area (Å²) in [6, 6.07) is 7.84. The van der Waals surface area contributed by atoms with E-state index in [9.17, 15) is 21.6 Å². The zero-order valence-corrected chi connectivity index (χ0v) is 16.5. The molecule has 0 bridgehead atoms. The van der Waals surface area contributed by atoms with E-state index < -0.39 is 21.9 Å². The van der Waals surface area contributed by atoms with Crippen molar-refractivity contribution in [1.82, 2.24) is 14.5 Å². The van der Waals surface area contributed by atoms with E-state index in [0.29, 0.717) is 12.1 Å². The Morgan fingerprint density at radius 1 is 1.21 bits per heavy atom. The molecule has 1 fully saturated rings. The Balaban J connectivity index is 1.57. The third-order valence-corrected chi connectivity index (χ3v) is 6.19. The second-order valence-electron chi connectivity index (χ2n) is 7.09. The van der Waals surface area contributed by atoms with Crippen LogP contribution in [0.1, 0.15) is 55.5 Å². The highest BCUT2D eigenvalue weighted by Crippen LogP contribution is 2.42. The van der Waals surface area contributed by atoms with Gasteiger partial charge in [0.05, 0.1) is 4.90 Å². The lowest BCUT2D eigenvalue weighted by Gasteiger charge is -2.09. The molecule has 154 valence electrons. The summed E-state index contributed by atoms with van der Waals surface area (Å²) in [6.07, 6.45) is -0.517. The van der Waals surface area contributed by atoms with Gasteiger partial charge in [-0.15, -0.1) is 0 Å². The molecule has 0 saturated heterocycles. The highest BCUT2D eigenvalue weighted by atomic mass is 32.2. The lowest BCUT2D eigenvalue weighted by molar-refractivity contribution is -0.141. The molecule has 1 aromatic carbocycles. The maximum Gasteiger partial charge on any atom is 0.435 e. The number of nitrogens with zero attached hydrogens (tertiary/aromatic N) is 2. The molecular formula is C19H24F3N3O2S. The fourth-order valence-electron chi connectivity index (χ4n) is 3.10. The Morgan fingerprint density at radius 2 is 1.89 bits per heavy atom. The first-order chi connectivity index (χ1) is 13.2. The van der Waals surface area contributed by atoms with Crippen LogP contribution in [0.15, 0.2) is 35.2 Å². The van der Waals surface area contributed by atoms with E-state index in [4.69, 9.17) is 0 Å². The van der Waals surface area contributed by atoms with E-state index in [1.54, 1.807) is 24.3 Å². The summed E-state index contributed by atoms with van der Waals surface area (Å²) >= 11 is 0. The van der Waals surface area contributed by atoms with Gasteiger partial charge in [-0.25, -0.2) is 13.1 Å². The smallest absolute Gasteiger partial charge is 0.269 e. The molecule has 0 aliphatic heterocycles. The molecule has 1 aromatic heterocycles. The van der Waals surface area contributed by atoms with Gasteiger partial charge < -0.3 is 0 Å². The van der Waals surface area contributed by atoms with Crippen LogP contribution in [-0.4, -0.2) is 24.7 Å². The van der Waals surface area contributed by atoms with Crippen molar-refractivity contribution in [2.75, 3.05) is 6.54 Å². The molecule has 1 saturated carbocycles. The number of sulfonamides is 1. The SMILES string of the molecule is CCCc1ccc(S(=O)(=O)NCCCn2nc(C(F)(F)F)cc2C2CC2)cc1. The van der Waals surface area contributed by atoms with E-state index in [0.717, 1.165) is 37.3 Å². The molecule has 2 aromatic rings. The topological polar surface area (TPSA) is 64.0 Å². The zero-order chi connectivity index (χ0) is 20.4. The molecule has 3 rings (SSSR count). The molecule has 0 spiro atoms. The van der Waals surface area contributed by atoms with Gasteiger partial charge in [-0.2, -0.15) is 18.3 Å². The number of aromatic nitrogens is 2. The van der Waals surface area contributed by atoms with E-state index in [1.807, 2.05) is 0 Å². The quantitative estimate of drug-likeness (QED) is 0.627. The monoisotopic (exact) mass is 415 g/mol. The number of alkyl halides is 3. The Morgan fingerprint density at radius 3 is 2.46 bits per heavy atom. The van der Waals surface area contributed by atoms with Gasteiger partial charge in [0.25, 0.3) is 0 Å². The first-order valence-electron chi connectivity index (χ1n) is 9.44. The van der Waals surface area contributed by atoms with Crippen LogP contribution in [0.5, 0.6) is 0 Å². The average Bonchev–Trinajstić information content (AvgIpc) is 3.38. The number of nitrogens with one attached hydrogen (secondary N) is 1. The number of benzene rings is 1. The van der Waals surface area contributed by atoms with Gasteiger partial charge in [-0.3, -0.25) is 4.68 Å². The summed E-state index contributed by atoms with van der Waals surface area (Å²) in [5.41, 5.74) is 0.775. The first-order valence-corrected chi connectivity index (χ1v) is 10.9. The summed E-state index contributed by atoms with van der Waals surface area (Å²) in [6.45, 7) is 2.42. The van der Waals surface area contributed by atoms with Crippen molar-refractivity contribution >= 4 is 10.0 Å². The number of rotatable bonds is 9. The van der Waals surface area contributed by atoms with Crippen molar-refractivity contribution in [2.24, 2.45) is 0 Å². The number of hydrogen-bond donors (Lipinski definition) is 1. The van der Waals surface area contributed by atoms with Gasteiger partial charge >= 0.3 is 6.18 Å². The van der Waals surface area contributed by atoms with Crippen LogP contribution in [0.25, 0.3) is 0 Å². The van der Waals surface area contributed by atoms with Crippen molar-refractivity contribution in [3.8, 4) is 0 Å². The third-order valence-electron chi connectivity index (χ3n) is 4.71. The van der Waals surface area contributed by atoms with Gasteiger partial charge in [0, 0.05) is 24.7 Å². The lowest BCUT2D eigenvalue weighted by Crippen LogP contribution is -2.26. The molecule has 0 atom stereocenters. The van der Waals surface area contributed by atoms with E-state index in [-0.39, 0.29) is 23.9 Å². The van der Waals surface area contributed by atoms with Crippen LogP contribution in [0.3, 0.4) is 0 Å². The van der Waals surface area contributed by atoms with Crippen molar-refractivity contribution in [2.45, 2.75) is 62.6 Å². The second kappa shape index (κ2) is 8.24. The normalized spacial score (nSPS) is 15.1. The predicted octanol–water partition coefficient (Wildman–Crippen LogP) is 4.10.